The summed E-state index contributed by atoms with van der Waals surface area (Å²) in [7, 11) is 0. The number of carbonyl (C=O) groups is 2. The number of carbonyl (C=O) groups excluding carboxylic acids is 1. The second-order valence-electron chi connectivity index (χ2n) is 6.99. The van der Waals surface area contributed by atoms with E-state index in [1.54, 1.807) is 0 Å². The Morgan fingerprint density at radius 2 is 1.90 bits per heavy atom. The number of carboxylic acid groups (broad SMARTS) is 1. The molecule has 3 aliphatic rings. The molecule has 110 valence electrons. The van der Waals surface area contributed by atoms with Crippen molar-refractivity contribution in [3.05, 3.63) is 35.4 Å². The van der Waals surface area contributed by atoms with Crippen molar-refractivity contribution in [3.63, 3.8) is 0 Å². The van der Waals surface area contributed by atoms with E-state index < -0.39 is 5.97 Å². The third kappa shape index (κ3) is 1.94. The third-order valence-electron chi connectivity index (χ3n) is 6.10. The van der Waals surface area contributed by atoms with E-state index in [0.29, 0.717) is 30.1 Å². The van der Waals surface area contributed by atoms with Crippen molar-refractivity contribution >= 4 is 11.8 Å². The van der Waals surface area contributed by atoms with Crippen molar-refractivity contribution in [2.24, 2.45) is 23.7 Å². The van der Waals surface area contributed by atoms with E-state index in [2.05, 4.69) is 6.07 Å². The Bertz CT molecular complexity index is 606. The van der Waals surface area contributed by atoms with E-state index in [1.165, 1.54) is 5.56 Å². The van der Waals surface area contributed by atoms with Gasteiger partial charge in [0.1, 0.15) is 0 Å². The van der Waals surface area contributed by atoms with Gasteiger partial charge in [-0.25, -0.2) is 0 Å². The Hall–Kier alpha value is -1.64. The SMILES string of the molecule is O=C1CC2C(CCC3CC(C(=O)O)CC32)c2ccccc21. The van der Waals surface area contributed by atoms with Crippen molar-refractivity contribution in [1.82, 2.24) is 0 Å². The van der Waals surface area contributed by atoms with Crippen LogP contribution < -0.4 is 0 Å². The van der Waals surface area contributed by atoms with Gasteiger partial charge in [-0.3, -0.25) is 9.59 Å². The standard InChI is InChI=1S/C18H20O3/c19-17-9-16-13(12-3-1-2-4-14(12)17)6-5-10-7-11(18(20)21)8-15(10)16/h1-4,10-11,13,15-16H,5-9H2,(H,20,21). The number of hydrogen-bond acceptors (Lipinski definition) is 2. The first-order chi connectivity index (χ1) is 10.1. The van der Waals surface area contributed by atoms with Gasteiger partial charge in [0, 0.05) is 12.0 Å². The van der Waals surface area contributed by atoms with Crippen LogP contribution in [0, 0.1) is 23.7 Å². The average molecular weight is 284 g/mol. The first-order valence-corrected chi connectivity index (χ1v) is 8.00. The summed E-state index contributed by atoms with van der Waals surface area (Å²) in [6.07, 6.45) is 4.45. The largest absolute Gasteiger partial charge is 0.481 e. The lowest BCUT2D eigenvalue weighted by Gasteiger charge is -2.43. The van der Waals surface area contributed by atoms with Crippen molar-refractivity contribution in [2.75, 3.05) is 0 Å². The highest BCUT2D eigenvalue weighted by Crippen LogP contribution is 2.56. The topological polar surface area (TPSA) is 54.4 Å². The zero-order chi connectivity index (χ0) is 14.6. The van der Waals surface area contributed by atoms with E-state index >= 15 is 0 Å². The second-order valence-corrected chi connectivity index (χ2v) is 6.99. The summed E-state index contributed by atoms with van der Waals surface area (Å²) in [5.41, 5.74) is 2.13. The summed E-state index contributed by atoms with van der Waals surface area (Å²) in [5, 5.41) is 9.30. The van der Waals surface area contributed by atoms with E-state index in [9.17, 15) is 14.7 Å². The van der Waals surface area contributed by atoms with Gasteiger partial charge < -0.3 is 5.11 Å². The van der Waals surface area contributed by atoms with Crippen LogP contribution in [0.25, 0.3) is 0 Å². The Labute approximate surface area is 124 Å². The molecule has 0 bridgehead atoms. The fourth-order valence-corrected chi connectivity index (χ4v) is 5.20. The molecule has 0 spiro atoms. The van der Waals surface area contributed by atoms with Crippen molar-refractivity contribution in [3.8, 4) is 0 Å². The molecular weight excluding hydrogens is 264 g/mol. The maximum Gasteiger partial charge on any atom is 0.306 e. The molecule has 0 aliphatic heterocycles. The predicted octanol–water partition coefficient (Wildman–Crippen LogP) is 3.49. The fourth-order valence-electron chi connectivity index (χ4n) is 5.20. The maximum atomic E-state index is 12.4. The number of rotatable bonds is 1. The lowest BCUT2D eigenvalue weighted by Crippen LogP contribution is -2.36. The monoisotopic (exact) mass is 284 g/mol. The first kappa shape index (κ1) is 13.1. The quantitative estimate of drug-likeness (QED) is 0.858. The number of aliphatic carboxylic acids is 1. The lowest BCUT2D eigenvalue weighted by molar-refractivity contribution is -0.141. The minimum absolute atomic E-state index is 0.189. The Morgan fingerprint density at radius 1 is 1.10 bits per heavy atom. The van der Waals surface area contributed by atoms with Gasteiger partial charge >= 0.3 is 5.97 Å². The normalized spacial score (nSPS) is 37.5. The molecule has 4 rings (SSSR count). The molecule has 1 aromatic rings. The molecule has 5 atom stereocenters. The van der Waals surface area contributed by atoms with Gasteiger partial charge in [0.15, 0.2) is 5.78 Å². The van der Waals surface area contributed by atoms with Crippen LogP contribution in [0.2, 0.25) is 0 Å². The average Bonchev–Trinajstić information content (AvgIpc) is 2.92. The highest BCUT2D eigenvalue weighted by molar-refractivity contribution is 5.99. The molecule has 0 saturated heterocycles. The number of hydrogen-bond donors (Lipinski definition) is 1. The second kappa shape index (κ2) is 4.69. The van der Waals surface area contributed by atoms with Gasteiger partial charge in [-0.05, 0) is 54.9 Å². The van der Waals surface area contributed by atoms with Gasteiger partial charge in [0.2, 0.25) is 0 Å². The molecule has 0 amide bonds. The highest BCUT2D eigenvalue weighted by atomic mass is 16.4. The molecule has 3 nitrogen and oxygen atoms in total. The fraction of sp³-hybridized carbons (Fsp3) is 0.556. The number of benzene rings is 1. The van der Waals surface area contributed by atoms with Crippen molar-refractivity contribution in [2.45, 2.75) is 38.0 Å². The zero-order valence-electron chi connectivity index (χ0n) is 12.0. The molecule has 0 radical (unpaired) electrons. The molecule has 21 heavy (non-hydrogen) atoms. The molecule has 0 heterocycles. The van der Waals surface area contributed by atoms with Crippen LogP contribution in [0.5, 0.6) is 0 Å². The van der Waals surface area contributed by atoms with E-state index in [4.69, 9.17) is 0 Å². The first-order valence-electron chi connectivity index (χ1n) is 8.00. The smallest absolute Gasteiger partial charge is 0.306 e. The molecule has 3 heteroatoms. The van der Waals surface area contributed by atoms with Gasteiger partial charge in [-0.15, -0.1) is 0 Å². The van der Waals surface area contributed by atoms with Crippen LogP contribution in [0.1, 0.15) is 53.9 Å². The third-order valence-corrected chi connectivity index (χ3v) is 6.10. The van der Waals surface area contributed by atoms with Crippen LogP contribution in [0.15, 0.2) is 24.3 Å². The summed E-state index contributed by atoms with van der Waals surface area (Å²) in [6, 6.07) is 8.02. The van der Waals surface area contributed by atoms with Crippen LogP contribution in [-0.2, 0) is 4.79 Å². The molecular formula is C18H20O3. The zero-order valence-corrected chi connectivity index (χ0v) is 12.0. The molecule has 0 aromatic heterocycles. The minimum atomic E-state index is -0.650. The Kier molecular flexibility index (Phi) is 2.91. The summed E-state index contributed by atoms with van der Waals surface area (Å²) in [4.78, 5) is 23.7. The number of fused-ring (bicyclic) bond motifs is 5. The van der Waals surface area contributed by atoms with Crippen LogP contribution >= 0.6 is 0 Å². The van der Waals surface area contributed by atoms with Gasteiger partial charge in [-0.1, -0.05) is 24.3 Å². The molecule has 3 aliphatic carbocycles. The van der Waals surface area contributed by atoms with Crippen molar-refractivity contribution < 1.29 is 14.7 Å². The van der Waals surface area contributed by atoms with Gasteiger partial charge in [-0.2, -0.15) is 0 Å². The molecule has 1 aromatic carbocycles. The Morgan fingerprint density at radius 3 is 2.71 bits per heavy atom. The molecule has 1 N–H and O–H groups in total. The summed E-state index contributed by atoms with van der Waals surface area (Å²) in [6.45, 7) is 0. The van der Waals surface area contributed by atoms with Crippen LogP contribution in [0.4, 0.5) is 0 Å². The Balaban J connectivity index is 1.68. The lowest BCUT2D eigenvalue weighted by atomic mass is 9.60. The summed E-state index contributed by atoms with van der Waals surface area (Å²) in [5.74, 6) is 1.21. The van der Waals surface area contributed by atoms with Gasteiger partial charge in [0.25, 0.3) is 0 Å². The number of ketones is 1. The van der Waals surface area contributed by atoms with Gasteiger partial charge in [0.05, 0.1) is 5.92 Å². The van der Waals surface area contributed by atoms with Crippen molar-refractivity contribution in [1.29, 1.82) is 0 Å². The molecule has 2 fully saturated rings. The minimum Gasteiger partial charge on any atom is -0.481 e. The highest BCUT2D eigenvalue weighted by Gasteiger charge is 2.49. The molecule has 5 unspecified atom stereocenters. The molecule has 2 saturated carbocycles. The predicted molar refractivity (Wildman–Crippen MR) is 78.2 cm³/mol. The van der Waals surface area contributed by atoms with E-state index in [-0.39, 0.29) is 11.7 Å². The summed E-state index contributed by atoms with van der Waals surface area (Å²) < 4.78 is 0. The van der Waals surface area contributed by atoms with Crippen LogP contribution in [-0.4, -0.2) is 16.9 Å². The number of carboxylic acids is 1. The van der Waals surface area contributed by atoms with E-state index in [1.807, 2.05) is 18.2 Å². The maximum absolute atomic E-state index is 12.4. The summed E-state index contributed by atoms with van der Waals surface area (Å²) >= 11 is 0. The number of Topliss-reactive ketones (excluding diaryl/α,β-unsaturated/α-hetero) is 1. The van der Waals surface area contributed by atoms with E-state index in [0.717, 1.165) is 31.2 Å². The van der Waals surface area contributed by atoms with Crippen LogP contribution in [0.3, 0.4) is 0 Å².